The molecule has 0 spiro atoms. The highest BCUT2D eigenvalue weighted by Gasteiger charge is 2.27. The molecule has 2 atom stereocenters. The Balaban J connectivity index is 4.37. The molecule has 0 aromatic rings. The first kappa shape index (κ1) is 15.9. The third-order valence-corrected chi connectivity index (χ3v) is 3.27. The van der Waals surface area contributed by atoms with Gasteiger partial charge in [0.05, 0.1) is 0 Å². The molecule has 2 unspecified atom stereocenters. The number of aliphatic carboxylic acids is 1. The minimum Gasteiger partial charge on any atom is -0.481 e. The Morgan fingerprint density at radius 2 is 1.65 bits per heavy atom. The highest BCUT2D eigenvalue weighted by Crippen LogP contribution is 2.24. The van der Waals surface area contributed by atoms with E-state index in [0.717, 1.165) is 0 Å². The number of amides is 1. The summed E-state index contributed by atoms with van der Waals surface area (Å²) in [7, 11) is 1.78. The summed E-state index contributed by atoms with van der Waals surface area (Å²) >= 11 is 0. The van der Waals surface area contributed by atoms with Crippen molar-refractivity contribution in [2.75, 3.05) is 7.05 Å². The average molecular weight is 243 g/mol. The molecule has 0 aliphatic heterocycles. The second kappa shape index (κ2) is 6.03. The molecule has 4 heteroatoms. The van der Waals surface area contributed by atoms with Gasteiger partial charge in [-0.05, 0) is 18.3 Å². The van der Waals surface area contributed by atoms with Crippen LogP contribution < -0.4 is 0 Å². The first-order chi connectivity index (χ1) is 7.55. The fraction of sp³-hybridized carbons (Fsp3) is 0.846. The van der Waals surface area contributed by atoms with Crippen LogP contribution in [-0.4, -0.2) is 35.0 Å². The van der Waals surface area contributed by atoms with Gasteiger partial charge in [0.1, 0.15) is 0 Å². The molecule has 0 aromatic carbocycles. The molecule has 0 rings (SSSR count). The molecule has 0 bridgehead atoms. The Morgan fingerprint density at radius 3 is 2.00 bits per heavy atom. The zero-order chi connectivity index (χ0) is 13.8. The van der Waals surface area contributed by atoms with E-state index in [-0.39, 0.29) is 29.7 Å². The second-order valence-electron chi connectivity index (χ2n) is 5.95. The molecular weight excluding hydrogens is 218 g/mol. The van der Waals surface area contributed by atoms with Crippen LogP contribution in [0.5, 0.6) is 0 Å². The normalized spacial score (nSPS) is 15.2. The highest BCUT2D eigenvalue weighted by molar-refractivity contribution is 5.77. The molecule has 0 saturated carbocycles. The number of carboxylic acids is 1. The summed E-state index contributed by atoms with van der Waals surface area (Å²) in [5.74, 6) is -0.951. The molecule has 4 nitrogen and oxygen atoms in total. The average Bonchev–Trinajstić information content (AvgIpc) is 2.12. The van der Waals surface area contributed by atoms with E-state index < -0.39 is 5.97 Å². The number of hydrogen-bond donors (Lipinski definition) is 1. The zero-order valence-corrected chi connectivity index (χ0v) is 11.8. The lowest BCUT2D eigenvalue weighted by Gasteiger charge is -2.35. The Hall–Kier alpha value is -1.06. The van der Waals surface area contributed by atoms with E-state index >= 15 is 0 Å². The number of carbonyl (C=O) groups is 2. The third kappa shape index (κ3) is 5.71. The molecule has 0 aliphatic carbocycles. The van der Waals surface area contributed by atoms with Gasteiger partial charge in [-0.3, -0.25) is 9.59 Å². The van der Waals surface area contributed by atoms with Crippen LogP contribution in [0.1, 0.15) is 47.5 Å². The first-order valence-electron chi connectivity index (χ1n) is 6.03. The molecule has 0 saturated heterocycles. The first-order valence-corrected chi connectivity index (χ1v) is 6.03. The van der Waals surface area contributed by atoms with Crippen LogP contribution in [0.15, 0.2) is 0 Å². The number of hydrogen-bond acceptors (Lipinski definition) is 2. The summed E-state index contributed by atoms with van der Waals surface area (Å²) in [6.45, 7) is 10.1. The minimum absolute atomic E-state index is 0.0150. The quantitative estimate of drug-likeness (QED) is 0.806. The molecule has 0 radical (unpaired) electrons. The van der Waals surface area contributed by atoms with Gasteiger partial charge in [0.25, 0.3) is 0 Å². The molecule has 0 fully saturated rings. The summed E-state index contributed by atoms with van der Waals surface area (Å²) in [5, 5.41) is 8.65. The number of carbonyl (C=O) groups excluding carboxylic acids is 1. The minimum atomic E-state index is -0.850. The van der Waals surface area contributed by atoms with Gasteiger partial charge >= 0.3 is 5.97 Å². The molecule has 17 heavy (non-hydrogen) atoms. The Labute approximate surface area is 104 Å². The van der Waals surface area contributed by atoms with Crippen molar-refractivity contribution < 1.29 is 14.7 Å². The van der Waals surface area contributed by atoms with E-state index in [1.54, 1.807) is 18.9 Å². The van der Waals surface area contributed by atoms with Crippen molar-refractivity contribution in [3.63, 3.8) is 0 Å². The smallest absolute Gasteiger partial charge is 0.303 e. The van der Waals surface area contributed by atoms with E-state index in [9.17, 15) is 9.59 Å². The fourth-order valence-corrected chi connectivity index (χ4v) is 1.61. The molecule has 100 valence electrons. The lowest BCUT2D eigenvalue weighted by molar-refractivity contribution is -0.139. The lowest BCUT2D eigenvalue weighted by Crippen LogP contribution is -2.43. The van der Waals surface area contributed by atoms with Crippen molar-refractivity contribution in [3.8, 4) is 0 Å². The van der Waals surface area contributed by atoms with E-state index in [0.29, 0.717) is 6.42 Å². The van der Waals surface area contributed by atoms with Gasteiger partial charge in [-0.1, -0.05) is 27.7 Å². The topological polar surface area (TPSA) is 57.6 Å². The SMILES string of the molecule is CC(CC(=O)O)CC(=O)N(C)C(C)C(C)(C)C. The van der Waals surface area contributed by atoms with Crippen molar-refractivity contribution in [2.24, 2.45) is 11.3 Å². The van der Waals surface area contributed by atoms with Crippen LogP contribution in [0.3, 0.4) is 0 Å². The summed E-state index contributed by atoms with van der Waals surface area (Å²) in [5.41, 5.74) is 0.0282. The summed E-state index contributed by atoms with van der Waals surface area (Å²) < 4.78 is 0. The van der Waals surface area contributed by atoms with Gasteiger partial charge in [0.15, 0.2) is 0 Å². The van der Waals surface area contributed by atoms with Gasteiger partial charge in [0.2, 0.25) is 5.91 Å². The van der Waals surface area contributed by atoms with Crippen LogP contribution in [-0.2, 0) is 9.59 Å². The predicted molar refractivity (Wildman–Crippen MR) is 67.7 cm³/mol. The molecular formula is C13H25NO3. The van der Waals surface area contributed by atoms with Gasteiger partial charge in [-0.2, -0.15) is 0 Å². The Morgan fingerprint density at radius 1 is 1.18 bits per heavy atom. The predicted octanol–water partition coefficient (Wildman–Crippen LogP) is 2.38. The van der Waals surface area contributed by atoms with Crippen LogP contribution in [0, 0.1) is 11.3 Å². The molecule has 0 heterocycles. The van der Waals surface area contributed by atoms with Gasteiger partial charge < -0.3 is 10.0 Å². The highest BCUT2D eigenvalue weighted by atomic mass is 16.4. The molecule has 0 aromatic heterocycles. The molecule has 0 aliphatic rings. The van der Waals surface area contributed by atoms with Crippen LogP contribution in [0.2, 0.25) is 0 Å². The summed E-state index contributed by atoms with van der Waals surface area (Å²) in [4.78, 5) is 24.2. The summed E-state index contributed by atoms with van der Waals surface area (Å²) in [6, 6.07) is 0.132. The van der Waals surface area contributed by atoms with E-state index in [1.165, 1.54) is 0 Å². The maximum Gasteiger partial charge on any atom is 0.303 e. The van der Waals surface area contributed by atoms with E-state index in [1.807, 2.05) is 6.92 Å². The largest absolute Gasteiger partial charge is 0.481 e. The Bertz CT molecular complexity index is 281. The van der Waals surface area contributed by atoms with E-state index in [2.05, 4.69) is 20.8 Å². The number of carboxylic acid groups (broad SMARTS) is 1. The third-order valence-electron chi connectivity index (χ3n) is 3.27. The Kier molecular flexibility index (Phi) is 5.66. The second-order valence-corrected chi connectivity index (χ2v) is 5.95. The monoisotopic (exact) mass is 243 g/mol. The maximum absolute atomic E-state index is 12.0. The molecule has 1 amide bonds. The number of rotatable bonds is 5. The maximum atomic E-state index is 12.0. The van der Waals surface area contributed by atoms with Gasteiger partial charge in [-0.25, -0.2) is 0 Å². The lowest BCUT2D eigenvalue weighted by atomic mass is 9.87. The zero-order valence-electron chi connectivity index (χ0n) is 11.8. The molecule has 1 N–H and O–H groups in total. The van der Waals surface area contributed by atoms with E-state index in [4.69, 9.17) is 5.11 Å². The van der Waals surface area contributed by atoms with Gasteiger partial charge in [-0.15, -0.1) is 0 Å². The van der Waals surface area contributed by atoms with Gasteiger partial charge in [0, 0.05) is 25.9 Å². The van der Waals surface area contributed by atoms with Crippen molar-refractivity contribution in [1.29, 1.82) is 0 Å². The van der Waals surface area contributed by atoms with Crippen molar-refractivity contribution in [2.45, 2.75) is 53.5 Å². The summed E-state index contributed by atoms with van der Waals surface area (Å²) in [6.07, 6.45) is 0.340. The van der Waals surface area contributed by atoms with Crippen molar-refractivity contribution >= 4 is 11.9 Å². The van der Waals surface area contributed by atoms with Crippen molar-refractivity contribution in [3.05, 3.63) is 0 Å². The van der Waals surface area contributed by atoms with Crippen LogP contribution in [0.25, 0.3) is 0 Å². The number of nitrogens with zero attached hydrogens (tertiary/aromatic N) is 1. The standard InChI is InChI=1S/C13H25NO3/c1-9(8-12(16)17)7-11(15)14(6)10(2)13(3,4)5/h9-10H,7-8H2,1-6H3,(H,16,17). The van der Waals surface area contributed by atoms with Crippen LogP contribution in [0.4, 0.5) is 0 Å². The van der Waals surface area contributed by atoms with Crippen LogP contribution >= 0.6 is 0 Å². The fourth-order valence-electron chi connectivity index (χ4n) is 1.61. The van der Waals surface area contributed by atoms with Crippen molar-refractivity contribution in [1.82, 2.24) is 4.90 Å².